The van der Waals surface area contributed by atoms with E-state index in [1.165, 1.54) is 69.8 Å². The molecule has 0 spiro atoms. The number of carbonyl (C=O) groups is 1. The van der Waals surface area contributed by atoms with Crippen LogP contribution in [0.25, 0.3) is 0 Å². The third-order valence-electron chi connectivity index (χ3n) is 5.09. The van der Waals surface area contributed by atoms with Gasteiger partial charge in [-0.2, -0.15) is 0 Å². The van der Waals surface area contributed by atoms with Gasteiger partial charge < -0.3 is 0 Å². The van der Waals surface area contributed by atoms with Crippen molar-refractivity contribution in [2.24, 2.45) is 5.92 Å². The first-order chi connectivity index (χ1) is 12.7. The van der Waals surface area contributed by atoms with Gasteiger partial charge in [0.25, 0.3) is 0 Å². The zero-order chi connectivity index (χ0) is 18.9. The topological polar surface area (TPSA) is 17.1 Å². The van der Waals surface area contributed by atoms with Crippen LogP contribution in [0.1, 0.15) is 96.5 Å². The number of hydrogen-bond donors (Lipinski definition) is 0. The van der Waals surface area contributed by atoms with Gasteiger partial charge in [0, 0.05) is 11.7 Å². The molecule has 0 saturated heterocycles. The van der Waals surface area contributed by atoms with Gasteiger partial charge in [-0.1, -0.05) is 114 Å². The van der Waals surface area contributed by atoms with Gasteiger partial charge in [0.2, 0.25) is 0 Å². The molecule has 0 saturated carbocycles. The molecule has 0 heterocycles. The summed E-state index contributed by atoms with van der Waals surface area (Å²) in [6, 6.07) is 10.6. The molecule has 1 unspecified atom stereocenters. The van der Waals surface area contributed by atoms with Crippen molar-refractivity contribution in [3.63, 3.8) is 0 Å². The molecular weight excluding hydrogens is 336 g/mol. The molecule has 0 aliphatic rings. The van der Waals surface area contributed by atoms with E-state index in [4.69, 9.17) is 0 Å². The van der Waals surface area contributed by atoms with Crippen molar-refractivity contribution in [3.8, 4) is 0 Å². The van der Waals surface area contributed by atoms with Gasteiger partial charge in [0.1, 0.15) is 0 Å². The molecule has 0 radical (unpaired) electrons. The Hall–Kier alpha value is -0.760. The van der Waals surface area contributed by atoms with Gasteiger partial charge >= 0.3 is 0 Å². The van der Waals surface area contributed by atoms with E-state index in [1.807, 2.05) is 0 Å². The van der Waals surface area contributed by atoms with E-state index in [0.717, 1.165) is 25.0 Å². The van der Waals surface area contributed by atoms with Gasteiger partial charge in [0.05, 0.1) is 0 Å². The highest BCUT2D eigenvalue weighted by molar-refractivity contribution is 8.13. The van der Waals surface area contributed by atoms with Crippen LogP contribution in [-0.2, 0) is 11.2 Å². The Morgan fingerprint density at radius 2 is 1.42 bits per heavy atom. The van der Waals surface area contributed by atoms with Gasteiger partial charge in [-0.15, -0.1) is 0 Å². The lowest BCUT2D eigenvalue weighted by Gasteiger charge is -2.10. The first kappa shape index (κ1) is 23.3. The van der Waals surface area contributed by atoms with Crippen molar-refractivity contribution in [3.05, 3.63) is 35.9 Å². The zero-order valence-corrected chi connectivity index (χ0v) is 18.0. The van der Waals surface area contributed by atoms with Crippen LogP contribution in [0.15, 0.2) is 30.3 Å². The van der Waals surface area contributed by atoms with Crippen molar-refractivity contribution in [2.75, 3.05) is 5.75 Å². The Balaban J connectivity index is 1.91. The molecule has 1 nitrogen and oxygen atoms in total. The van der Waals surface area contributed by atoms with Gasteiger partial charge in [-0.25, -0.2) is 0 Å². The first-order valence-corrected chi connectivity index (χ1v) is 11.9. The van der Waals surface area contributed by atoms with Crippen LogP contribution in [0.5, 0.6) is 0 Å². The summed E-state index contributed by atoms with van der Waals surface area (Å²) in [5, 5.41) is 0.397. The van der Waals surface area contributed by atoms with Crippen molar-refractivity contribution in [1.82, 2.24) is 0 Å². The minimum absolute atomic E-state index is 0.201. The van der Waals surface area contributed by atoms with Crippen molar-refractivity contribution in [1.29, 1.82) is 0 Å². The summed E-state index contributed by atoms with van der Waals surface area (Å²) in [6.07, 6.45) is 16.8. The lowest BCUT2D eigenvalue weighted by Crippen LogP contribution is -2.08. The lowest BCUT2D eigenvalue weighted by molar-refractivity contribution is -0.114. The molecular formula is C24H40OS. The highest BCUT2D eigenvalue weighted by Crippen LogP contribution is 2.19. The second-order valence-corrected chi connectivity index (χ2v) is 8.73. The molecule has 0 N–H and O–H groups in total. The predicted molar refractivity (Wildman–Crippen MR) is 118 cm³/mol. The highest BCUT2D eigenvalue weighted by atomic mass is 32.2. The average molecular weight is 377 g/mol. The molecule has 0 aliphatic heterocycles. The molecule has 0 bridgehead atoms. The summed E-state index contributed by atoms with van der Waals surface area (Å²) >= 11 is 1.57. The summed E-state index contributed by atoms with van der Waals surface area (Å²) in [5.41, 5.74) is 1.38. The van der Waals surface area contributed by atoms with E-state index in [1.54, 1.807) is 11.8 Å². The van der Waals surface area contributed by atoms with Crippen LogP contribution in [0.3, 0.4) is 0 Å². The van der Waals surface area contributed by atoms with Gasteiger partial charge in [-0.05, 0) is 31.2 Å². The van der Waals surface area contributed by atoms with Crippen LogP contribution >= 0.6 is 11.8 Å². The van der Waals surface area contributed by atoms with E-state index in [-0.39, 0.29) is 5.92 Å². The van der Waals surface area contributed by atoms with E-state index in [2.05, 4.69) is 44.2 Å². The Bertz CT molecular complexity index is 443. The Morgan fingerprint density at radius 1 is 0.846 bits per heavy atom. The molecule has 0 amide bonds. The maximum atomic E-state index is 12.2. The van der Waals surface area contributed by atoms with E-state index in [0.29, 0.717) is 5.12 Å². The van der Waals surface area contributed by atoms with Crippen LogP contribution in [0.2, 0.25) is 0 Å². The quantitative estimate of drug-likeness (QED) is 0.273. The summed E-state index contributed by atoms with van der Waals surface area (Å²) in [7, 11) is 0. The molecule has 0 fully saturated rings. The Morgan fingerprint density at radius 3 is 2.04 bits per heavy atom. The highest BCUT2D eigenvalue weighted by Gasteiger charge is 2.12. The van der Waals surface area contributed by atoms with Crippen LogP contribution in [0, 0.1) is 5.92 Å². The monoisotopic (exact) mass is 376 g/mol. The molecule has 1 rings (SSSR count). The molecule has 0 aliphatic carbocycles. The number of thioether (sulfide) groups is 1. The molecule has 1 aromatic rings. The fraction of sp³-hybridized carbons (Fsp3) is 0.708. The zero-order valence-electron chi connectivity index (χ0n) is 17.2. The number of hydrogen-bond acceptors (Lipinski definition) is 2. The van der Waals surface area contributed by atoms with Gasteiger partial charge in [-0.3, -0.25) is 4.79 Å². The summed E-state index contributed by atoms with van der Waals surface area (Å²) in [4.78, 5) is 12.2. The second-order valence-electron chi connectivity index (χ2n) is 7.63. The van der Waals surface area contributed by atoms with Crippen LogP contribution in [-0.4, -0.2) is 10.9 Å². The maximum Gasteiger partial charge on any atom is 0.191 e. The fourth-order valence-electron chi connectivity index (χ4n) is 3.28. The number of benzene rings is 1. The fourth-order valence-corrected chi connectivity index (χ4v) is 4.23. The minimum Gasteiger partial charge on any atom is -0.287 e. The average Bonchev–Trinajstić information content (AvgIpc) is 2.66. The summed E-state index contributed by atoms with van der Waals surface area (Å²) < 4.78 is 0. The second kappa shape index (κ2) is 16.4. The number of unbranched alkanes of at least 4 members (excludes halogenated alkanes) is 9. The van der Waals surface area contributed by atoms with Crippen molar-refractivity contribution < 1.29 is 4.79 Å². The number of carbonyl (C=O) groups excluding carboxylic acids is 1. The molecule has 1 atom stereocenters. The standard InChI is InChI=1S/C24H40OS/c1-3-4-5-6-7-8-9-10-11-15-21-26-24(25)22(2)17-16-20-23-18-13-12-14-19-23/h12-14,18-19,22H,3-11,15-17,20-21H2,1-2H3. The minimum atomic E-state index is 0.201. The molecule has 1 aromatic carbocycles. The van der Waals surface area contributed by atoms with Gasteiger partial charge in [0.15, 0.2) is 5.12 Å². The Kier molecular flexibility index (Phi) is 14.7. The Labute approximate surface area is 166 Å². The summed E-state index contributed by atoms with van der Waals surface area (Å²) in [6.45, 7) is 4.37. The maximum absolute atomic E-state index is 12.2. The molecule has 148 valence electrons. The normalized spacial score (nSPS) is 12.2. The molecule has 2 heteroatoms. The van der Waals surface area contributed by atoms with Crippen molar-refractivity contribution in [2.45, 2.75) is 97.3 Å². The predicted octanol–water partition coefficient (Wildman–Crippen LogP) is 7.83. The smallest absolute Gasteiger partial charge is 0.191 e. The molecule has 26 heavy (non-hydrogen) atoms. The van der Waals surface area contributed by atoms with Crippen LogP contribution in [0.4, 0.5) is 0 Å². The third-order valence-corrected chi connectivity index (χ3v) is 6.27. The largest absolute Gasteiger partial charge is 0.287 e. The molecule has 0 aromatic heterocycles. The van der Waals surface area contributed by atoms with E-state index in [9.17, 15) is 4.79 Å². The number of aryl methyl sites for hydroxylation is 1. The van der Waals surface area contributed by atoms with Crippen LogP contribution < -0.4 is 0 Å². The lowest BCUT2D eigenvalue weighted by atomic mass is 10.0. The SMILES string of the molecule is CCCCCCCCCCCCSC(=O)C(C)CCCc1ccccc1. The summed E-state index contributed by atoms with van der Waals surface area (Å²) in [5.74, 6) is 1.21. The number of rotatable bonds is 16. The van der Waals surface area contributed by atoms with E-state index < -0.39 is 0 Å². The third kappa shape index (κ3) is 12.6. The van der Waals surface area contributed by atoms with E-state index >= 15 is 0 Å². The first-order valence-electron chi connectivity index (χ1n) is 10.9. The van der Waals surface area contributed by atoms with Crippen molar-refractivity contribution >= 4 is 16.9 Å².